The molecule has 0 amide bonds. The normalized spacial score (nSPS) is 17.1. The van der Waals surface area contributed by atoms with Crippen LogP contribution in [0.2, 0.25) is 0 Å². The third-order valence-corrected chi connectivity index (χ3v) is 3.20. The van der Waals surface area contributed by atoms with Gasteiger partial charge in [-0.1, -0.05) is 0 Å². The molecule has 114 valence electrons. The van der Waals surface area contributed by atoms with Crippen LogP contribution in [-0.2, 0) is 4.74 Å². The molecule has 0 radical (unpaired) electrons. The van der Waals surface area contributed by atoms with Gasteiger partial charge in [0, 0.05) is 25.5 Å². The summed E-state index contributed by atoms with van der Waals surface area (Å²) in [6, 6.07) is 0. The van der Waals surface area contributed by atoms with Crippen molar-refractivity contribution in [3.8, 4) is 0 Å². The van der Waals surface area contributed by atoms with Crippen LogP contribution in [0.3, 0.4) is 0 Å². The lowest BCUT2D eigenvalue weighted by Crippen LogP contribution is -2.23. The maximum absolute atomic E-state index is 11.3. The molecule has 2 rings (SSSR count). The molecular weight excluding hydrogens is 303 g/mol. The van der Waals surface area contributed by atoms with Crippen LogP contribution in [0.25, 0.3) is 0 Å². The van der Waals surface area contributed by atoms with E-state index < -0.39 is 5.97 Å². The summed E-state index contributed by atoms with van der Waals surface area (Å²) in [6.07, 6.45) is 5.17. The van der Waals surface area contributed by atoms with Crippen molar-refractivity contribution in [1.29, 1.82) is 0 Å². The number of aromatic nitrogens is 2. The van der Waals surface area contributed by atoms with Crippen LogP contribution in [0.15, 0.2) is 12.4 Å². The smallest absolute Gasteiger partial charge is 0.341 e. The zero-order chi connectivity index (χ0) is 13.0. The van der Waals surface area contributed by atoms with E-state index in [2.05, 4.69) is 19.6 Å². The first kappa shape index (κ1) is 18.9. The fraction of sp³-hybridized carbons (Fsp3) is 0.583. The Morgan fingerprint density at radius 1 is 1.45 bits per heavy atom. The maximum atomic E-state index is 11.3. The van der Waals surface area contributed by atoms with Crippen LogP contribution in [0.1, 0.15) is 23.2 Å². The van der Waals surface area contributed by atoms with Crippen molar-refractivity contribution in [3.63, 3.8) is 0 Å². The van der Waals surface area contributed by atoms with E-state index in [4.69, 9.17) is 5.73 Å². The van der Waals surface area contributed by atoms with E-state index in [0.717, 1.165) is 32.5 Å². The molecule has 0 saturated carbocycles. The molecule has 0 aromatic carbocycles. The Morgan fingerprint density at radius 2 is 2.10 bits per heavy atom. The van der Waals surface area contributed by atoms with Crippen molar-refractivity contribution in [2.45, 2.75) is 12.8 Å². The Labute approximate surface area is 130 Å². The van der Waals surface area contributed by atoms with Gasteiger partial charge in [-0.2, -0.15) is 0 Å². The van der Waals surface area contributed by atoms with Crippen molar-refractivity contribution < 1.29 is 9.53 Å². The first-order chi connectivity index (χ1) is 8.74. The van der Waals surface area contributed by atoms with Crippen LogP contribution >= 0.6 is 24.8 Å². The number of esters is 1. The third kappa shape index (κ3) is 4.47. The largest absolute Gasteiger partial charge is 0.465 e. The van der Waals surface area contributed by atoms with Gasteiger partial charge in [0.25, 0.3) is 0 Å². The lowest BCUT2D eigenvalue weighted by Gasteiger charge is -2.15. The average molecular weight is 323 g/mol. The molecule has 0 spiro atoms. The van der Waals surface area contributed by atoms with Gasteiger partial charge in [0.15, 0.2) is 0 Å². The number of methoxy groups -OCH3 is 1. The van der Waals surface area contributed by atoms with Gasteiger partial charge < -0.3 is 15.4 Å². The molecule has 2 N–H and O–H groups in total. The second-order valence-corrected chi connectivity index (χ2v) is 4.44. The lowest BCUT2D eigenvalue weighted by molar-refractivity contribution is 0.0600. The summed E-state index contributed by atoms with van der Waals surface area (Å²) in [7, 11) is 1.34. The van der Waals surface area contributed by atoms with E-state index in [0.29, 0.717) is 17.4 Å². The third-order valence-electron chi connectivity index (χ3n) is 3.20. The Bertz CT molecular complexity index is 416. The van der Waals surface area contributed by atoms with Crippen LogP contribution in [0.4, 0.5) is 5.95 Å². The summed E-state index contributed by atoms with van der Waals surface area (Å²) >= 11 is 0. The van der Waals surface area contributed by atoms with Gasteiger partial charge in [-0.15, -0.1) is 24.8 Å². The summed E-state index contributed by atoms with van der Waals surface area (Å²) in [5, 5.41) is 0. The molecule has 1 aliphatic heterocycles. The van der Waals surface area contributed by atoms with Gasteiger partial charge in [-0.05, 0) is 25.3 Å². The van der Waals surface area contributed by atoms with Crippen LogP contribution in [0, 0.1) is 5.92 Å². The zero-order valence-electron chi connectivity index (χ0n) is 11.3. The Balaban J connectivity index is 0.00000180. The highest BCUT2D eigenvalue weighted by Gasteiger charge is 2.23. The first-order valence-corrected chi connectivity index (χ1v) is 6.10. The van der Waals surface area contributed by atoms with Gasteiger partial charge in [0.1, 0.15) is 0 Å². The van der Waals surface area contributed by atoms with Crippen molar-refractivity contribution in [2.75, 3.05) is 31.6 Å². The van der Waals surface area contributed by atoms with E-state index in [1.54, 1.807) is 0 Å². The Hall–Kier alpha value is -1.11. The number of ether oxygens (including phenoxy) is 1. The summed E-state index contributed by atoms with van der Waals surface area (Å²) in [5.74, 6) is 0.880. The predicted molar refractivity (Wildman–Crippen MR) is 81.9 cm³/mol. The highest BCUT2D eigenvalue weighted by Crippen LogP contribution is 2.22. The standard InChI is InChI=1S/C12H18N4O2.2ClH/c1-18-11(17)10-6-14-12(15-7-10)16-5-3-9(8-16)2-4-13;;/h6-7,9H,2-5,8,13H2,1H3;2*1H. The summed E-state index contributed by atoms with van der Waals surface area (Å²) in [4.78, 5) is 21.8. The van der Waals surface area contributed by atoms with Gasteiger partial charge in [-0.3, -0.25) is 0 Å². The minimum atomic E-state index is -0.413. The fourth-order valence-corrected chi connectivity index (χ4v) is 2.19. The molecule has 8 heteroatoms. The average Bonchev–Trinajstić information content (AvgIpc) is 2.87. The van der Waals surface area contributed by atoms with E-state index in [9.17, 15) is 4.79 Å². The SMILES string of the molecule is COC(=O)c1cnc(N2CCC(CCN)C2)nc1.Cl.Cl. The second kappa shape index (κ2) is 8.94. The molecule has 20 heavy (non-hydrogen) atoms. The molecule has 2 heterocycles. The number of carbonyl (C=O) groups is 1. The summed E-state index contributed by atoms with van der Waals surface area (Å²) < 4.78 is 4.60. The summed E-state index contributed by atoms with van der Waals surface area (Å²) in [6.45, 7) is 2.61. The highest BCUT2D eigenvalue weighted by atomic mass is 35.5. The molecule has 1 saturated heterocycles. The monoisotopic (exact) mass is 322 g/mol. The van der Waals surface area contributed by atoms with Crippen LogP contribution in [0.5, 0.6) is 0 Å². The second-order valence-electron chi connectivity index (χ2n) is 4.44. The van der Waals surface area contributed by atoms with Crippen molar-refractivity contribution in [3.05, 3.63) is 18.0 Å². The number of hydrogen-bond acceptors (Lipinski definition) is 6. The van der Waals surface area contributed by atoms with E-state index in [1.165, 1.54) is 19.5 Å². The molecule has 1 fully saturated rings. The minimum Gasteiger partial charge on any atom is -0.465 e. The van der Waals surface area contributed by atoms with Crippen molar-refractivity contribution in [2.24, 2.45) is 11.7 Å². The van der Waals surface area contributed by atoms with Crippen molar-refractivity contribution in [1.82, 2.24) is 9.97 Å². The van der Waals surface area contributed by atoms with Gasteiger partial charge in [0.05, 0.1) is 12.7 Å². The number of rotatable bonds is 4. The van der Waals surface area contributed by atoms with Gasteiger partial charge in [0.2, 0.25) is 5.95 Å². The molecule has 6 nitrogen and oxygen atoms in total. The number of nitrogens with zero attached hydrogens (tertiary/aromatic N) is 3. The number of nitrogens with two attached hydrogens (primary N) is 1. The molecule has 1 aromatic rings. The van der Waals surface area contributed by atoms with Crippen LogP contribution < -0.4 is 10.6 Å². The number of anilines is 1. The molecule has 1 aliphatic rings. The van der Waals surface area contributed by atoms with E-state index in [1.807, 2.05) is 0 Å². The molecule has 0 aliphatic carbocycles. The van der Waals surface area contributed by atoms with Crippen molar-refractivity contribution >= 4 is 36.7 Å². The van der Waals surface area contributed by atoms with Gasteiger partial charge in [-0.25, -0.2) is 14.8 Å². The molecular formula is C12H20Cl2N4O2. The first-order valence-electron chi connectivity index (χ1n) is 6.10. The van der Waals surface area contributed by atoms with Gasteiger partial charge >= 0.3 is 5.97 Å². The van der Waals surface area contributed by atoms with E-state index in [-0.39, 0.29) is 24.8 Å². The molecule has 1 atom stereocenters. The minimum absolute atomic E-state index is 0. The number of hydrogen-bond donors (Lipinski definition) is 1. The summed E-state index contributed by atoms with van der Waals surface area (Å²) in [5.41, 5.74) is 5.93. The molecule has 1 aromatic heterocycles. The fourth-order valence-electron chi connectivity index (χ4n) is 2.19. The Kier molecular flexibility index (Phi) is 8.45. The Morgan fingerprint density at radius 3 is 2.65 bits per heavy atom. The highest BCUT2D eigenvalue weighted by molar-refractivity contribution is 5.88. The van der Waals surface area contributed by atoms with E-state index >= 15 is 0 Å². The predicted octanol–water partition coefficient (Wildman–Crippen LogP) is 1.28. The topological polar surface area (TPSA) is 81.3 Å². The van der Waals surface area contributed by atoms with Crippen LogP contribution in [-0.4, -0.2) is 42.7 Å². The number of carbonyl (C=O) groups excluding carboxylic acids is 1. The maximum Gasteiger partial charge on any atom is 0.341 e. The molecule has 1 unspecified atom stereocenters. The zero-order valence-corrected chi connectivity index (χ0v) is 13.0. The number of halogens is 2. The lowest BCUT2D eigenvalue weighted by atomic mass is 10.1. The quantitative estimate of drug-likeness (QED) is 0.841. The molecule has 0 bridgehead atoms.